The largest absolute Gasteiger partial charge is 0.337 e. The smallest absolute Gasteiger partial charge is 0.253 e. The number of rotatable bonds is 2. The van der Waals surface area contributed by atoms with Gasteiger partial charge in [-0.1, -0.05) is 22.4 Å². The van der Waals surface area contributed by atoms with Gasteiger partial charge in [0.15, 0.2) is 0 Å². The molecule has 1 atom stereocenters. The van der Waals surface area contributed by atoms with Gasteiger partial charge >= 0.3 is 0 Å². The molecule has 0 radical (unpaired) electrons. The molecule has 0 bridgehead atoms. The van der Waals surface area contributed by atoms with Crippen molar-refractivity contribution in [1.29, 1.82) is 0 Å². The molecule has 0 saturated carbocycles. The van der Waals surface area contributed by atoms with Crippen LogP contribution in [0.15, 0.2) is 22.7 Å². The molecule has 4 heteroatoms. The summed E-state index contributed by atoms with van der Waals surface area (Å²) in [6.07, 6.45) is 5.12. The molecule has 0 aromatic heterocycles. The predicted octanol–water partition coefficient (Wildman–Crippen LogP) is 3.46. The summed E-state index contributed by atoms with van der Waals surface area (Å²) in [5, 5.41) is 0. The molecule has 114 valence electrons. The van der Waals surface area contributed by atoms with Crippen LogP contribution in [0.25, 0.3) is 0 Å². The van der Waals surface area contributed by atoms with Crippen LogP contribution in [0.5, 0.6) is 0 Å². The van der Waals surface area contributed by atoms with E-state index in [9.17, 15) is 4.79 Å². The molecule has 2 aliphatic heterocycles. The van der Waals surface area contributed by atoms with Gasteiger partial charge in [-0.3, -0.25) is 9.69 Å². The van der Waals surface area contributed by atoms with Gasteiger partial charge in [-0.25, -0.2) is 0 Å². The molecule has 3 rings (SSSR count). The second-order valence-corrected chi connectivity index (χ2v) is 7.22. The highest BCUT2D eigenvalue weighted by Gasteiger charge is 2.31. The Hall–Kier alpha value is -0.870. The van der Waals surface area contributed by atoms with E-state index >= 15 is 0 Å². The Kier molecular flexibility index (Phi) is 4.65. The number of halogens is 1. The average molecular weight is 351 g/mol. The summed E-state index contributed by atoms with van der Waals surface area (Å²) in [7, 11) is 0. The Bertz CT molecular complexity index is 505. The molecule has 21 heavy (non-hydrogen) atoms. The third kappa shape index (κ3) is 3.49. The van der Waals surface area contributed by atoms with Crippen LogP contribution in [0.2, 0.25) is 0 Å². The lowest BCUT2D eigenvalue weighted by Gasteiger charge is -2.32. The number of likely N-dealkylation sites (tertiary alicyclic amines) is 2. The van der Waals surface area contributed by atoms with Crippen molar-refractivity contribution in [2.24, 2.45) is 0 Å². The Labute approximate surface area is 135 Å². The molecular weight excluding hydrogens is 328 g/mol. The molecule has 1 aromatic rings. The topological polar surface area (TPSA) is 23.6 Å². The molecule has 0 N–H and O–H groups in total. The van der Waals surface area contributed by atoms with E-state index < -0.39 is 0 Å². The number of nitrogens with zero attached hydrogens (tertiary/aromatic N) is 2. The van der Waals surface area contributed by atoms with Crippen LogP contribution in [0.1, 0.15) is 41.6 Å². The van der Waals surface area contributed by atoms with E-state index in [1.807, 2.05) is 30.0 Å². The lowest BCUT2D eigenvalue weighted by Crippen LogP contribution is -2.41. The van der Waals surface area contributed by atoms with Gasteiger partial charge < -0.3 is 4.90 Å². The average Bonchev–Trinajstić information content (AvgIpc) is 2.96. The summed E-state index contributed by atoms with van der Waals surface area (Å²) in [6, 6.07) is 6.53. The summed E-state index contributed by atoms with van der Waals surface area (Å²) >= 11 is 3.49. The van der Waals surface area contributed by atoms with Gasteiger partial charge in [0, 0.05) is 29.2 Å². The maximum Gasteiger partial charge on any atom is 0.253 e. The molecule has 1 unspecified atom stereocenters. The number of carbonyl (C=O) groups is 1. The van der Waals surface area contributed by atoms with Gasteiger partial charge in [0.25, 0.3) is 5.91 Å². The van der Waals surface area contributed by atoms with Gasteiger partial charge in [-0.15, -0.1) is 0 Å². The third-order valence-corrected chi connectivity index (χ3v) is 5.10. The molecule has 1 amide bonds. The Balaban J connectivity index is 1.66. The number of amides is 1. The first-order chi connectivity index (χ1) is 10.1. The van der Waals surface area contributed by atoms with Gasteiger partial charge in [0.05, 0.1) is 0 Å². The monoisotopic (exact) mass is 350 g/mol. The Morgan fingerprint density at radius 3 is 2.62 bits per heavy atom. The van der Waals surface area contributed by atoms with Crippen molar-refractivity contribution >= 4 is 21.8 Å². The van der Waals surface area contributed by atoms with Crippen molar-refractivity contribution < 1.29 is 4.79 Å². The van der Waals surface area contributed by atoms with E-state index in [-0.39, 0.29) is 5.91 Å². The zero-order chi connectivity index (χ0) is 14.8. The first kappa shape index (κ1) is 15.0. The fourth-order valence-electron chi connectivity index (χ4n) is 3.55. The molecular formula is C17H23BrN2O. The van der Waals surface area contributed by atoms with Crippen molar-refractivity contribution in [1.82, 2.24) is 9.80 Å². The number of benzene rings is 1. The molecule has 2 fully saturated rings. The Morgan fingerprint density at radius 2 is 1.90 bits per heavy atom. The zero-order valence-electron chi connectivity index (χ0n) is 12.6. The first-order valence-electron chi connectivity index (χ1n) is 7.94. The highest BCUT2D eigenvalue weighted by Crippen LogP contribution is 2.23. The van der Waals surface area contributed by atoms with E-state index in [1.54, 1.807) is 0 Å². The molecule has 2 aliphatic rings. The number of piperidine rings is 1. The number of aryl methyl sites for hydroxylation is 1. The third-order valence-electron chi connectivity index (χ3n) is 4.65. The minimum atomic E-state index is 0.180. The molecule has 2 saturated heterocycles. The quantitative estimate of drug-likeness (QED) is 0.815. The second kappa shape index (κ2) is 6.49. The van der Waals surface area contributed by atoms with Crippen molar-refractivity contribution in [2.75, 3.05) is 26.2 Å². The number of carbonyl (C=O) groups excluding carboxylic acids is 1. The minimum Gasteiger partial charge on any atom is -0.337 e. The van der Waals surface area contributed by atoms with Crippen molar-refractivity contribution in [2.45, 2.75) is 38.6 Å². The first-order valence-corrected chi connectivity index (χ1v) is 8.73. The van der Waals surface area contributed by atoms with Crippen LogP contribution in [0.4, 0.5) is 0 Å². The van der Waals surface area contributed by atoms with Crippen molar-refractivity contribution in [3.63, 3.8) is 0 Å². The molecule has 0 aliphatic carbocycles. The van der Waals surface area contributed by atoms with Gasteiger partial charge in [0.2, 0.25) is 0 Å². The lowest BCUT2D eigenvalue weighted by atomic mass is 10.1. The standard InChI is InChI=1S/C17H23BrN2O/c1-13-9-14(11-15(18)10-13)17(21)20-8-5-16(12-20)19-6-3-2-4-7-19/h9-11,16H,2-8,12H2,1H3. The fraction of sp³-hybridized carbons (Fsp3) is 0.588. The van der Waals surface area contributed by atoms with E-state index in [0.717, 1.165) is 35.1 Å². The fourth-order valence-corrected chi connectivity index (χ4v) is 4.16. The van der Waals surface area contributed by atoms with E-state index in [1.165, 1.54) is 32.4 Å². The van der Waals surface area contributed by atoms with E-state index in [4.69, 9.17) is 0 Å². The van der Waals surface area contributed by atoms with E-state index in [2.05, 4.69) is 20.8 Å². The number of hydrogen-bond donors (Lipinski definition) is 0. The maximum absolute atomic E-state index is 12.7. The predicted molar refractivity (Wildman–Crippen MR) is 88.6 cm³/mol. The lowest BCUT2D eigenvalue weighted by molar-refractivity contribution is 0.0771. The molecule has 2 heterocycles. The summed E-state index contributed by atoms with van der Waals surface area (Å²) in [4.78, 5) is 17.3. The van der Waals surface area contributed by atoms with Gasteiger partial charge in [-0.05, 0) is 63.0 Å². The van der Waals surface area contributed by atoms with Gasteiger partial charge in [-0.2, -0.15) is 0 Å². The van der Waals surface area contributed by atoms with Crippen LogP contribution in [-0.4, -0.2) is 47.9 Å². The zero-order valence-corrected chi connectivity index (χ0v) is 14.2. The van der Waals surface area contributed by atoms with Crippen LogP contribution in [0, 0.1) is 6.92 Å². The molecule has 3 nitrogen and oxygen atoms in total. The summed E-state index contributed by atoms with van der Waals surface area (Å²) in [5.74, 6) is 0.180. The van der Waals surface area contributed by atoms with Crippen LogP contribution in [0.3, 0.4) is 0 Å². The number of hydrogen-bond acceptors (Lipinski definition) is 2. The second-order valence-electron chi connectivity index (χ2n) is 6.31. The summed E-state index contributed by atoms with van der Waals surface area (Å²) in [6.45, 7) is 6.24. The van der Waals surface area contributed by atoms with Crippen molar-refractivity contribution in [3.8, 4) is 0 Å². The van der Waals surface area contributed by atoms with Crippen molar-refractivity contribution in [3.05, 3.63) is 33.8 Å². The molecule has 0 spiro atoms. The van der Waals surface area contributed by atoms with Crippen LogP contribution in [-0.2, 0) is 0 Å². The van der Waals surface area contributed by atoms with Crippen LogP contribution >= 0.6 is 15.9 Å². The highest BCUT2D eigenvalue weighted by molar-refractivity contribution is 9.10. The summed E-state index contributed by atoms with van der Waals surface area (Å²) in [5.41, 5.74) is 1.93. The minimum absolute atomic E-state index is 0.180. The van der Waals surface area contributed by atoms with Crippen LogP contribution < -0.4 is 0 Å². The summed E-state index contributed by atoms with van der Waals surface area (Å²) < 4.78 is 0.984. The van der Waals surface area contributed by atoms with Gasteiger partial charge in [0.1, 0.15) is 0 Å². The maximum atomic E-state index is 12.7. The normalized spacial score (nSPS) is 23.5. The SMILES string of the molecule is Cc1cc(Br)cc(C(=O)N2CCC(N3CCCCC3)C2)c1. The van der Waals surface area contributed by atoms with E-state index in [0.29, 0.717) is 6.04 Å². The molecule has 1 aromatic carbocycles. The Morgan fingerprint density at radius 1 is 1.14 bits per heavy atom. The highest BCUT2D eigenvalue weighted by atomic mass is 79.9.